The summed E-state index contributed by atoms with van der Waals surface area (Å²) in [5, 5.41) is 7.59. The number of hydrogen-bond acceptors (Lipinski definition) is 5. The Labute approximate surface area is 167 Å². The van der Waals surface area contributed by atoms with Crippen molar-refractivity contribution in [3.8, 4) is 0 Å². The summed E-state index contributed by atoms with van der Waals surface area (Å²) in [6.45, 7) is 0.227. The summed E-state index contributed by atoms with van der Waals surface area (Å²) in [5.74, 6) is -0.740. The lowest BCUT2D eigenvalue weighted by molar-refractivity contribution is -0.122. The zero-order valence-corrected chi connectivity index (χ0v) is 16.4. The molecule has 1 aliphatic carbocycles. The number of methoxy groups -OCH3 is 1. The fraction of sp³-hybridized carbons (Fsp3) is 0.286. The first-order valence-electron chi connectivity index (χ1n) is 9.07. The maximum absolute atomic E-state index is 12.2. The average Bonchev–Trinajstić information content (AvgIpc) is 3.16. The molecular formula is C21H22N2O4S. The molecule has 2 aromatic rings. The highest BCUT2D eigenvalue weighted by Gasteiger charge is 2.25. The molecule has 0 radical (unpaired) electrons. The van der Waals surface area contributed by atoms with E-state index in [-0.39, 0.29) is 24.3 Å². The van der Waals surface area contributed by atoms with E-state index in [9.17, 15) is 14.4 Å². The van der Waals surface area contributed by atoms with Crippen LogP contribution in [0.15, 0.2) is 41.8 Å². The molecule has 28 heavy (non-hydrogen) atoms. The van der Waals surface area contributed by atoms with Gasteiger partial charge in [0.05, 0.1) is 12.7 Å². The van der Waals surface area contributed by atoms with Crippen molar-refractivity contribution in [2.24, 2.45) is 5.92 Å². The second kappa shape index (κ2) is 9.32. The average molecular weight is 398 g/mol. The molecule has 1 aromatic carbocycles. The fourth-order valence-corrected chi connectivity index (χ4v) is 3.43. The van der Waals surface area contributed by atoms with Crippen LogP contribution >= 0.6 is 11.3 Å². The minimum Gasteiger partial charge on any atom is -0.465 e. The van der Waals surface area contributed by atoms with E-state index in [0.717, 1.165) is 24.1 Å². The number of carbonyl (C=O) groups is 3. The zero-order valence-electron chi connectivity index (χ0n) is 15.6. The second-order valence-electron chi connectivity index (χ2n) is 6.59. The molecule has 1 aromatic heterocycles. The van der Waals surface area contributed by atoms with Gasteiger partial charge in [-0.15, -0.1) is 11.3 Å². The summed E-state index contributed by atoms with van der Waals surface area (Å²) < 4.78 is 4.79. The Bertz CT molecular complexity index is 886. The van der Waals surface area contributed by atoms with E-state index in [1.54, 1.807) is 35.6 Å². The molecule has 146 valence electrons. The fourth-order valence-electron chi connectivity index (χ4n) is 2.81. The second-order valence-corrected chi connectivity index (χ2v) is 7.57. The minimum atomic E-state index is -0.495. The number of carbonyl (C=O) groups excluding carboxylic acids is 3. The molecule has 0 saturated heterocycles. The SMILES string of the molecule is COC(=O)c1cc(CNC(=O)/C=C/c2cccs2)cc(NC(=O)C2CCC2)c1. The Hall–Kier alpha value is -2.93. The molecule has 0 unspecified atom stereocenters. The predicted octanol–water partition coefficient (Wildman–Crippen LogP) is 3.60. The molecule has 0 spiro atoms. The highest BCUT2D eigenvalue weighted by Crippen LogP contribution is 2.28. The van der Waals surface area contributed by atoms with E-state index < -0.39 is 5.97 Å². The summed E-state index contributed by atoms with van der Waals surface area (Å²) in [6, 6.07) is 8.83. The smallest absolute Gasteiger partial charge is 0.337 e. The predicted molar refractivity (Wildman–Crippen MR) is 109 cm³/mol. The number of rotatable bonds is 7. The van der Waals surface area contributed by atoms with Crippen LogP contribution in [-0.4, -0.2) is 24.9 Å². The number of amides is 2. The molecule has 2 N–H and O–H groups in total. The van der Waals surface area contributed by atoms with Gasteiger partial charge in [0.1, 0.15) is 0 Å². The maximum atomic E-state index is 12.2. The van der Waals surface area contributed by atoms with Gasteiger partial charge in [-0.25, -0.2) is 4.79 Å². The van der Waals surface area contributed by atoms with Gasteiger partial charge in [0.15, 0.2) is 0 Å². The maximum Gasteiger partial charge on any atom is 0.337 e. The van der Waals surface area contributed by atoms with Crippen molar-refractivity contribution in [2.75, 3.05) is 12.4 Å². The summed E-state index contributed by atoms with van der Waals surface area (Å²) in [7, 11) is 1.30. The molecule has 1 aliphatic rings. The number of esters is 1. The number of hydrogen-bond donors (Lipinski definition) is 2. The van der Waals surface area contributed by atoms with Gasteiger partial charge in [-0.05, 0) is 54.1 Å². The molecular weight excluding hydrogens is 376 g/mol. The monoisotopic (exact) mass is 398 g/mol. The number of anilines is 1. The van der Waals surface area contributed by atoms with Gasteiger partial charge in [-0.1, -0.05) is 12.5 Å². The summed E-state index contributed by atoms with van der Waals surface area (Å²) >= 11 is 1.55. The van der Waals surface area contributed by atoms with E-state index in [0.29, 0.717) is 16.8 Å². The van der Waals surface area contributed by atoms with Crippen molar-refractivity contribution in [1.29, 1.82) is 0 Å². The molecule has 1 saturated carbocycles. The van der Waals surface area contributed by atoms with Crippen LogP contribution in [-0.2, 0) is 20.9 Å². The number of thiophene rings is 1. The van der Waals surface area contributed by atoms with Crippen molar-refractivity contribution >= 4 is 40.9 Å². The Morgan fingerprint density at radius 3 is 2.71 bits per heavy atom. The summed E-state index contributed by atoms with van der Waals surface area (Å²) in [5.41, 5.74) is 1.55. The van der Waals surface area contributed by atoms with Crippen molar-refractivity contribution in [1.82, 2.24) is 5.32 Å². The van der Waals surface area contributed by atoms with E-state index in [4.69, 9.17) is 4.74 Å². The lowest BCUT2D eigenvalue weighted by Crippen LogP contribution is -2.28. The molecule has 7 heteroatoms. The first-order valence-corrected chi connectivity index (χ1v) is 9.95. The van der Waals surface area contributed by atoms with Gasteiger partial charge in [0.25, 0.3) is 0 Å². The molecule has 6 nitrogen and oxygen atoms in total. The largest absolute Gasteiger partial charge is 0.465 e. The van der Waals surface area contributed by atoms with E-state index in [2.05, 4.69) is 10.6 Å². The third-order valence-electron chi connectivity index (χ3n) is 4.57. The number of benzene rings is 1. The van der Waals surface area contributed by atoms with Gasteiger partial charge < -0.3 is 15.4 Å². The van der Waals surface area contributed by atoms with Crippen LogP contribution in [0.3, 0.4) is 0 Å². The van der Waals surface area contributed by atoms with Crippen LogP contribution in [0.5, 0.6) is 0 Å². The topological polar surface area (TPSA) is 84.5 Å². The quantitative estimate of drug-likeness (QED) is 0.551. The lowest BCUT2D eigenvalue weighted by Gasteiger charge is -2.24. The van der Waals surface area contributed by atoms with Crippen LogP contribution in [0.25, 0.3) is 6.08 Å². The minimum absolute atomic E-state index is 0.0346. The standard InChI is InChI=1S/C21H22N2O4S/c1-27-21(26)16-10-14(11-17(12-16)23-20(25)15-4-2-5-15)13-22-19(24)8-7-18-6-3-9-28-18/h3,6-12,15H,2,4-5,13H2,1H3,(H,22,24)(H,23,25)/b8-7+. The Balaban J connectivity index is 1.67. The molecule has 0 bridgehead atoms. The zero-order chi connectivity index (χ0) is 19.9. The van der Waals surface area contributed by atoms with Gasteiger partial charge in [0, 0.05) is 29.1 Å². The highest BCUT2D eigenvalue weighted by molar-refractivity contribution is 7.10. The van der Waals surface area contributed by atoms with Gasteiger partial charge >= 0.3 is 5.97 Å². The lowest BCUT2D eigenvalue weighted by atomic mass is 9.85. The van der Waals surface area contributed by atoms with Crippen molar-refractivity contribution < 1.29 is 19.1 Å². The number of ether oxygens (including phenoxy) is 1. The molecule has 1 fully saturated rings. The molecule has 0 atom stereocenters. The highest BCUT2D eigenvalue weighted by atomic mass is 32.1. The third kappa shape index (κ3) is 5.29. The summed E-state index contributed by atoms with van der Waals surface area (Å²) in [4.78, 5) is 37.2. The van der Waals surface area contributed by atoms with E-state index in [1.807, 2.05) is 17.5 Å². The van der Waals surface area contributed by atoms with Crippen molar-refractivity contribution in [3.63, 3.8) is 0 Å². The van der Waals surface area contributed by atoms with Crippen LogP contribution in [0.4, 0.5) is 5.69 Å². The van der Waals surface area contributed by atoms with E-state index >= 15 is 0 Å². The van der Waals surface area contributed by atoms with Crippen molar-refractivity contribution in [2.45, 2.75) is 25.8 Å². The molecule has 3 rings (SSSR count). The Kier molecular flexibility index (Phi) is 6.60. The molecule has 2 amide bonds. The van der Waals surface area contributed by atoms with Gasteiger partial charge in [-0.2, -0.15) is 0 Å². The van der Waals surface area contributed by atoms with Crippen molar-refractivity contribution in [3.05, 3.63) is 57.8 Å². The van der Waals surface area contributed by atoms with Crippen LogP contribution in [0.2, 0.25) is 0 Å². The Morgan fingerprint density at radius 1 is 1.25 bits per heavy atom. The van der Waals surface area contributed by atoms with Gasteiger partial charge in [0.2, 0.25) is 11.8 Å². The van der Waals surface area contributed by atoms with Gasteiger partial charge in [-0.3, -0.25) is 9.59 Å². The van der Waals surface area contributed by atoms with Crippen LogP contribution in [0, 0.1) is 5.92 Å². The third-order valence-corrected chi connectivity index (χ3v) is 5.40. The normalized spacial score (nSPS) is 13.8. The number of nitrogens with one attached hydrogen (secondary N) is 2. The first-order chi connectivity index (χ1) is 13.5. The molecule has 1 heterocycles. The molecule has 0 aliphatic heterocycles. The van der Waals surface area contributed by atoms with Crippen LogP contribution in [0.1, 0.15) is 40.1 Å². The first kappa shape index (κ1) is 19.8. The van der Waals surface area contributed by atoms with E-state index in [1.165, 1.54) is 13.2 Å². The summed E-state index contributed by atoms with van der Waals surface area (Å²) in [6.07, 6.45) is 6.06. The van der Waals surface area contributed by atoms with Crippen LogP contribution < -0.4 is 10.6 Å². The Morgan fingerprint density at radius 2 is 2.07 bits per heavy atom.